The summed E-state index contributed by atoms with van der Waals surface area (Å²) in [5.74, 6) is 1.01. The van der Waals surface area contributed by atoms with E-state index in [2.05, 4.69) is 15.5 Å². The van der Waals surface area contributed by atoms with E-state index in [0.717, 1.165) is 11.1 Å². The molecule has 0 aliphatic heterocycles. The Bertz CT molecular complexity index is 637. The molecule has 0 atom stereocenters. The zero-order valence-electron chi connectivity index (χ0n) is 11.4. The molecule has 1 saturated carbocycles. The molecule has 0 unspecified atom stereocenters. The van der Waals surface area contributed by atoms with Gasteiger partial charge in [-0.05, 0) is 36.5 Å². The number of ether oxygens (including phenoxy) is 1. The summed E-state index contributed by atoms with van der Waals surface area (Å²) in [5, 5.41) is 10.2. The normalized spacial score (nSPS) is 14.1. The van der Waals surface area contributed by atoms with Crippen LogP contribution in [0.2, 0.25) is 5.02 Å². The van der Waals surface area contributed by atoms with Crippen LogP contribution in [-0.2, 0) is 9.53 Å². The predicted octanol–water partition coefficient (Wildman–Crippen LogP) is 3.10. The Morgan fingerprint density at radius 3 is 3.10 bits per heavy atom. The predicted molar refractivity (Wildman–Crippen MR) is 81.2 cm³/mol. The maximum Gasteiger partial charge on any atom is 0.251 e. The summed E-state index contributed by atoms with van der Waals surface area (Å²) in [6, 6.07) is 7.39. The van der Waals surface area contributed by atoms with Crippen molar-refractivity contribution >= 4 is 23.3 Å². The Hall–Kier alpha value is -1.85. The lowest BCUT2D eigenvalue weighted by Gasteiger charge is -2.07. The molecule has 1 aromatic carbocycles. The molecular formula is C15H16ClN3O2. The molecule has 0 radical (unpaired) electrons. The van der Waals surface area contributed by atoms with E-state index >= 15 is 0 Å². The van der Waals surface area contributed by atoms with Gasteiger partial charge in [0.1, 0.15) is 12.4 Å². The SMILES string of the molecule is O=C(COCC1CC1)Nc1[nH]ncc1-c1cccc(Cl)c1. The minimum absolute atomic E-state index is 0.0600. The van der Waals surface area contributed by atoms with E-state index in [-0.39, 0.29) is 12.5 Å². The van der Waals surface area contributed by atoms with E-state index < -0.39 is 0 Å². The van der Waals surface area contributed by atoms with Gasteiger partial charge in [-0.15, -0.1) is 0 Å². The molecule has 6 heteroatoms. The fourth-order valence-corrected chi connectivity index (χ4v) is 2.22. The van der Waals surface area contributed by atoms with Gasteiger partial charge in [0.2, 0.25) is 0 Å². The number of aromatic nitrogens is 2. The largest absolute Gasteiger partial charge is 0.371 e. The lowest BCUT2D eigenvalue weighted by molar-refractivity contribution is -0.120. The van der Waals surface area contributed by atoms with Gasteiger partial charge in [-0.1, -0.05) is 23.7 Å². The summed E-state index contributed by atoms with van der Waals surface area (Å²) in [4.78, 5) is 11.9. The van der Waals surface area contributed by atoms with Gasteiger partial charge < -0.3 is 10.1 Å². The highest BCUT2D eigenvalue weighted by Gasteiger charge is 2.21. The fourth-order valence-electron chi connectivity index (χ4n) is 2.03. The highest BCUT2D eigenvalue weighted by molar-refractivity contribution is 6.30. The summed E-state index contributed by atoms with van der Waals surface area (Å²) in [6.45, 7) is 0.724. The van der Waals surface area contributed by atoms with E-state index in [9.17, 15) is 4.79 Å². The van der Waals surface area contributed by atoms with Gasteiger partial charge in [-0.2, -0.15) is 5.10 Å². The van der Waals surface area contributed by atoms with Crippen LogP contribution in [0.3, 0.4) is 0 Å². The van der Waals surface area contributed by atoms with E-state index in [1.807, 2.05) is 18.2 Å². The van der Waals surface area contributed by atoms with Crippen LogP contribution in [-0.4, -0.2) is 29.3 Å². The number of benzene rings is 1. The van der Waals surface area contributed by atoms with Crippen LogP contribution in [0.1, 0.15) is 12.8 Å². The van der Waals surface area contributed by atoms with Crippen molar-refractivity contribution in [3.63, 3.8) is 0 Å². The molecule has 2 N–H and O–H groups in total. The second-order valence-electron chi connectivity index (χ2n) is 5.18. The minimum atomic E-state index is -0.192. The third-order valence-corrected chi connectivity index (χ3v) is 3.56. The molecule has 1 fully saturated rings. The Morgan fingerprint density at radius 2 is 2.33 bits per heavy atom. The lowest BCUT2D eigenvalue weighted by Crippen LogP contribution is -2.19. The number of anilines is 1. The maximum absolute atomic E-state index is 11.9. The molecule has 1 heterocycles. The summed E-state index contributed by atoms with van der Waals surface area (Å²) in [5.41, 5.74) is 1.69. The first-order valence-corrected chi connectivity index (χ1v) is 7.27. The minimum Gasteiger partial charge on any atom is -0.371 e. The summed E-state index contributed by atoms with van der Waals surface area (Å²) in [6.07, 6.45) is 4.08. The number of carbonyl (C=O) groups excluding carboxylic acids is 1. The van der Waals surface area contributed by atoms with Gasteiger partial charge >= 0.3 is 0 Å². The van der Waals surface area contributed by atoms with Gasteiger partial charge in [0.15, 0.2) is 0 Å². The Morgan fingerprint density at radius 1 is 1.48 bits per heavy atom. The number of halogens is 1. The molecule has 0 bridgehead atoms. The molecule has 0 spiro atoms. The van der Waals surface area contributed by atoms with E-state index in [4.69, 9.17) is 16.3 Å². The van der Waals surface area contributed by atoms with Crippen LogP contribution in [0, 0.1) is 5.92 Å². The number of aromatic amines is 1. The zero-order chi connectivity index (χ0) is 14.7. The number of nitrogens with one attached hydrogen (secondary N) is 2. The number of carbonyl (C=O) groups is 1. The highest BCUT2D eigenvalue weighted by atomic mass is 35.5. The van der Waals surface area contributed by atoms with Gasteiger partial charge in [0, 0.05) is 10.6 Å². The number of rotatable bonds is 6. The fraction of sp³-hybridized carbons (Fsp3) is 0.333. The van der Waals surface area contributed by atoms with Crippen LogP contribution in [0.15, 0.2) is 30.5 Å². The summed E-state index contributed by atoms with van der Waals surface area (Å²) >= 11 is 5.99. The van der Waals surface area contributed by atoms with Crippen LogP contribution in [0.25, 0.3) is 11.1 Å². The molecule has 3 rings (SSSR count). The number of amides is 1. The van der Waals surface area contributed by atoms with Crippen molar-refractivity contribution in [1.29, 1.82) is 0 Å². The molecule has 21 heavy (non-hydrogen) atoms. The Balaban J connectivity index is 1.63. The third-order valence-electron chi connectivity index (χ3n) is 3.32. The molecular weight excluding hydrogens is 290 g/mol. The highest BCUT2D eigenvalue weighted by Crippen LogP contribution is 2.29. The third kappa shape index (κ3) is 3.83. The molecule has 110 valence electrons. The standard InChI is InChI=1S/C15H16ClN3O2/c16-12-3-1-2-11(6-12)13-7-17-19-15(13)18-14(20)9-21-8-10-4-5-10/h1-3,6-7,10H,4-5,8-9H2,(H2,17,18,19,20). The Labute approximate surface area is 127 Å². The average molecular weight is 306 g/mol. The molecule has 1 aliphatic rings. The summed E-state index contributed by atoms with van der Waals surface area (Å²) in [7, 11) is 0. The molecule has 1 aliphatic carbocycles. The van der Waals surface area contributed by atoms with Crippen LogP contribution in [0.4, 0.5) is 5.82 Å². The topological polar surface area (TPSA) is 67.0 Å². The van der Waals surface area contributed by atoms with Crippen molar-refractivity contribution in [1.82, 2.24) is 10.2 Å². The smallest absolute Gasteiger partial charge is 0.251 e. The molecule has 0 saturated heterocycles. The maximum atomic E-state index is 11.9. The molecule has 1 aromatic heterocycles. The van der Waals surface area contributed by atoms with Crippen molar-refractivity contribution < 1.29 is 9.53 Å². The molecule has 5 nitrogen and oxygen atoms in total. The lowest BCUT2D eigenvalue weighted by atomic mass is 10.1. The number of hydrogen-bond donors (Lipinski definition) is 2. The summed E-state index contributed by atoms with van der Waals surface area (Å²) < 4.78 is 5.37. The average Bonchev–Trinajstić information content (AvgIpc) is 3.16. The quantitative estimate of drug-likeness (QED) is 0.862. The van der Waals surface area contributed by atoms with Crippen molar-refractivity contribution in [2.75, 3.05) is 18.5 Å². The van der Waals surface area contributed by atoms with Crippen LogP contribution >= 0.6 is 11.6 Å². The van der Waals surface area contributed by atoms with Crippen molar-refractivity contribution in [3.8, 4) is 11.1 Å². The van der Waals surface area contributed by atoms with Gasteiger partial charge in [0.05, 0.1) is 12.8 Å². The second kappa shape index (κ2) is 6.28. The van der Waals surface area contributed by atoms with E-state index in [1.54, 1.807) is 12.3 Å². The van der Waals surface area contributed by atoms with E-state index in [0.29, 0.717) is 23.4 Å². The monoisotopic (exact) mass is 305 g/mol. The molecule has 1 amide bonds. The Kier molecular flexibility index (Phi) is 4.22. The van der Waals surface area contributed by atoms with Crippen LogP contribution < -0.4 is 5.32 Å². The second-order valence-corrected chi connectivity index (χ2v) is 5.61. The molecule has 2 aromatic rings. The zero-order valence-corrected chi connectivity index (χ0v) is 12.2. The van der Waals surface area contributed by atoms with Crippen molar-refractivity contribution in [2.24, 2.45) is 5.92 Å². The number of nitrogens with zero attached hydrogens (tertiary/aromatic N) is 1. The number of hydrogen-bond acceptors (Lipinski definition) is 3. The van der Waals surface area contributed by atoms with E-state index in [1.165, 1.54) is 12.8 Å². The van der Waals surface area contributed by atoms with Crippen molar-refractivity contribution in [2.45, 2.75) is 12.8 Å². The van der Waals surface area contributed by atoms with Crippen molar-refractivity contribution in [3.05, 3.63) is 35.5 Å². The number of H-pyrrole nitrogens is 1. The first kappa shape index (κ1) is 14.1. The first-order valence-electron chi connectivity index (χ1n) is 6.89. The van der Waals surface area contributed by atoms with Gasteiger partial charge in [-0.25, -0.2) is 0 Å². The van der Waals surface area contributed by atoms with Gasteiger partial charge in [0.25, 0.3) is 5.91 Å². The van der Waals surface area contributed by atoms with Gasteiger partial charge in [-0.3, -0.25) is 9.89 Å². The van der Waals surface area contributed by atoms with Crippen LogP contribution in [0.5, 0.6) is 0 Å². The first-order chi connectivity index (χ1) is 10.2.